The molecule has 0 aromatic heterocycles. The van der Waals surface area contributed by atoms with Crippen LogP contribution in [-0.4, -0.2) is 12.9 Å². The number of methoxy groups -OCH3 is 1. The Morgan fingerprint density at radius 1 is 1.07 bits per heavy atom. The largest absolute Gasteiger partial charge is 0.496 e. The molecule has 6 heteroatoms. The number of ketones is 1. The summed E-state index contributed by atoms with van der Waals surface area (Å²) in [6, 6.07) is 12.6. The zero-order chi connectivity index (χ0) is 20.3. The van der Waals surface area contributed by atoms with E-state index in [-0.39, 0.29) is 27.6 Å². The summed E-state index contributed by atoms with van der Waals surface area (Å²) in [4.78, 5) is 12.9. The van der Waals surface area contributed by atoms with Gasteiger partial charge in [-0.15, -0.1) is 6.42 Å². The van der Waals surface area contributed by atoms with Crippen LogP contribution in [0.15, 0.2) is 54.6 Å². The molecule has 1 N–H and O–H groups in total. The van der Waals surface area contributed by atoms with E-state index in [1.165, 1.54) is 25.3 Å². The maximum absolute atomic E-state index is 13.8. The van der Waals surface area contributed by atoms with Crippen molar-refractivity contribution in [3.8, 4) is 18.1 Å². The van der Waals surface area contributed by atoms with E-state index in [1.807, 2.05) is 0 Å². The molecule has 0 fully saturated rings. The molecule has 0 amide bonds. The van der Waals surface area contributed by atoms with Gasteiger partial charge in [0, 0.05) is 22.9 Å². The molecule has 3 rings (SSSR count). The third-order valence-corrected chi connectivity index (χ3v) is 4.35. The van der Waals surface area contributed by atoms with Crippen molar-refractivity contribution in [3.05, 3.63) is 87.9 Å². The molecule has 0 aliphatic carbocycles. The van der Waals surface area contributed by atoms with Crippen LogP contribution in [-0.2, 0) is 0 Å². The minimum absolute atomic E-state index is 0.0833. The number of carbonyl (C=O) groups is 1. The lowest BCUT2D eigenvalue weighted by molar-refractivity contribution is 0.103. The number of rotatable bonds is 5. The molecule has 0 aliphatic heterocycles. The summed E-state index contributed by atoms with van der Waals surface area (Å²) in [7, 11) is 1.45. The highest BCUT2D eigenvalue weighted by molar-refractivity contribution is 6.35. The zero-order valence-corrected chi connectivity index (χ0v) is 15.5. The molecule has 3 aromatic rings. The summed E-state index contributed by atoms with van der Waals surface area (Å²) in [6.45, 7) is 0. The predicted octanol–water partition coefficient (Wildman–Crippen LogP) is 5.58. The standard InChI is InChI=1S/C22H14ClF2NO2/c1-3-13-4-9-21(28-2)17(10-13)22(27)16-7-6-15(12-18(16)23)26-20-8-5-14(24)11-19(20)25/h1,4-12,26H,2H3. The van der Waals surface area contributed by atoms with Crippen molar-refractivity contribution in [2.45, 2.75) is 0 Å². The second-order valence-electron chi connectivity index (χ2n) is 5.83. The van der Waals surface area contributed by atoms with Crippen LogP contribution in [0.5, 0.6) is 5.75 Å². The monoisotopic (exact) mass is 397 g/mol. The zero-order valence-electron chi connectivity index (χ0n) is 14.7. The normalized spacial score (nSPS) is 10.2. The molecule has 0 saturated heterocycles. The van der Waals surface area contributed by atoms with Crippen molar-refractivity contribution in [1.82, 2.24) is 0 Å². The number of ether oxygens (including phenoxy) is 1. The van der Waals surface area contributed by atoms with Gasteiger partial charge in [0.2, 0.25) is 0 Å². The summed E-state index contributed by atoms with van der Waals surface area (Å²) >= 11 is 6.28. The van der Waals surface area contributed by atoms with E-state index >= 15 is 0 Å². The number of carbonyl (C=O) groups excluding carboxylic acids is 1. The third-order valence-electron chi connectivity index (χ3n) is 4.03. The van der Waals surface area contributed by atoms with Crippen LogP contribution in [0.1, 0.15) is 21.5 Å². The summed E-state index contributed by atoms with van der Waals surface area (Å²) in [6.07, 6.45) is 5.40. The Balaban J connectivity index is 1.92. The number of halogens is 3. The van der Waals surface area contributed by atoms with Gasteiger partial charge in [0.15, 0.2) is 5.78 Å². The number of nitrogens with one attached hydrogen (secondary N) is 1. The number of anilines is 2. The van der Waals surface area contributed by atoms with Crippen LogP contribution in [0.25, 0.3) is 0 Å². The van der Waals surface area contributed by atoms with E-state index in [0.29, 0.717) is 17.0 Å². The van der Waals surface area contributed by atoms with E-state index in [1.54, 1.807) is 24.3 Å². The van der Waals surface area contributed by atoms with Crippen molar-refractivity contribution in [2.24, 2.45) is 0 Å². The number of hydrogen-bond donors (Lipinski definition) is 1. The Bertz CT molecular complexity index is 1110. The van der Waals surface area contributed by atoms with Crippen molar-refractivity contribution >= 4 is 28.8 Å². The van der Waals surface area contributed by atoms with Crippen LogP contribution in [0.4, 0.5) is 20.2 Å². The lowest BCUT2D eigenvalue weighted by Crippen LogP contribution is -2.06. The molecular formula is C22H14ClF2NO2. The van der Waals surface area contributed by atoms with Crippen molar-refractivity contribution < 1.29 is 18.3 Å². The Hall–Kier alpha value is -3.36. The Labute approximate surface area is 165 Å². The minimum atomic E-state index is -0.743. The molecule has 0 saturated carbocycles. The highest BCUT2D eigenvalue weighted by Gasteiger charge is 2.18. The van der Waals surface area contributed by atoms with E-state index in [9.17, 15) is 13.6 Å². The maximum atomic E-state index is 13.8. The quantitative estimate of drug-likeness (QED) is 0.451. The lowest BCUT2D eigenvalue weighted by Gasteiger charge is -2.12. The highest BCUT2D eigenvalue weighted by Crippen LogP contribution is 2.29. The van der Waals surface area contributed by atoms with E-state index < -0.39 is 11.6 Å². The van der Waals surface area contributed by atoms with Gasteiger partial charge in [0.05, 0.1) is 23.4 Å². The molecule has 0 spiro atoms. The molecular weight excluding hydrogens is 384 g/mol. The number of hydrogen-bond acceptors (Lipinski definition) is 3. The average Bonchev–Trinajstić information content (AvgIpc) is 2.69. The highest BCUT2D eigenvalue weighted by atomic mass is 35.5. The van der Waals surface area contributed by atoms with Gasteiger partial charge in [-0.25, -0.2) is 8.78 Å². The van der Waals surface area contributed by atoms with Gasteiger partial charge < -0.3 is 10.1 Å². The summed E-state index contributed by atoms with van der Waals surface area (Å²) < 4.78 is 32.1. The van der Waals surface area contributed by atoms with Crippen molar-refractivity contribution in [1.29, 1.82) is 0 Å². The summed E-state index contributed by atoms with van der Waals surface area (Å²) in [5.74, 6) is 1.06. The lowest BCUT2D eigenvalue weighted by atomic mass is 10.00. The maximum Gasteiger partial charge on any atom is 0.198 e. The fourth-order valence-electron chi connectivity index (χ4n) is 2.64. The molecule has 0 bridgehead atoms. The fraction of sp³-hybridized carbons (Fsp3) is 0.0455. The SMILES string of the molecule is C#Cc1ccc(OC)c(C(=O)c2ccc(Nc3ccc(F)cc3F)cc2Cl)c1. The molecule has 0 heterocycles. The molecule has 0 atom stereocenters. The molecule has 3 aromatic carbocycles. The van der Waals surface area contributed by atoms with Gasteiger partial charge in [-0.1, -0.05) is 17.5 Å². The Kier molecular flexibility index (Phi) is 5.62. The van der Waals surface area contributed by atoms with Gasteiger partial charge in [-0.3, -0.25) is 4.79 Å². The molecule has 28 heavy (non-hydrogen) atoms. The minimum Gasteiger partial charge on any atom is -0.496 e. The first-order valence-corrected chi connectivity index (χ1v) is 8.51. The van der Waals surface area contributed by atoms with Crippen LogP contribution < -0.4 is 10.1 Å². The fourth-order valence-corrected chi connectivity index (χ4v) is 2.91. The molecule has 140 valence electrons. The van der Waals surface area contributed by atoms with Gasteiger partial charge >= 0.3 is 0 Å². The van der Waals surface area contributed by atoms with E-state index in [4.69, 9.17) is 22.8 Å². The van der Waals surface area contributed by atoms with Crippen LogP contribution in [0, 0.1) is 24.0 Å². The van der Waals surface area contributed by atoms with Gasteiger partial charge in [0.1, 0.15) is 17.4 Å². The average molecular weight is 398 g/mol. The van der Waals surface area contributed by atoms with E-state index in [0.717, 1.165) is 12.1 Å². The Morgan fingerprint density at radius 2 is 1.86 bits per heavy atom. The molecule has 0 radical (unpaired) electrons. The Morgan fingerprint density at radius 3 is 2.50 bits per heavy atom. The van der Waals surface area contributed by atoms with Crippen molar-refractivity contribution in [3.63, 3.8) is 0 Å². The first-order valence-electron chi connectivity index (χ1n) is 8.14. The topological polar surface area (TPSA) is 38.3 Å². The van der Waals surface area contributed by atoms with Gasteiger partial charge in [-0.05, 0) is 48.5 Å². The third kappa shape index (κ3) is 3.98. The molecule has 0 unspecified atom stereocenters. The summed E-state index contributed by atoms with van der Waals surface area (Å²) in [5, 5.41) is 2.96. The van der Waals surface area contributed by atoms with Gasteiger partial charge in [-0.2, -0.15) is 0 Å². The second-order valence-corrected chi connectivity index (χ2v) is 6.24. The predicted molar refractivity (Wildman–Crippen MR) is 105 cm³/mol. The summed E-state index contributed by atoms with van der Waals surface area (Å²) in [5.41, 5.74) is 1.58. The van der Waals surface area contributed by atoms with Crippen molar-refractivity contribution in [2.75, 3.05) is 12.4 Å². The smallest absolute Gasteiger partial charge is 0.198 e. The second kappa shape index (κ2) is 8.12. The van der Waals surface area contributed by atoms with Crippen LogP contribution >= 0.6 is 11.6 Å². The molecule has 0 aliphatic rings. The molecule has 3 nitrogen and oxygen atoms in total. The number of benzene rings is 3. The number of terminal acetylenes is 1. The van der Waals surface area contributed by atoms with Crippen LogP contribution in [0.3, 0.4) is 0 Å². The van der Waals surface area contributed by atoms with E-state index in [2.05, 4.69) is 11.2 Å². The van der Waals surface area contributed by atoms with Crippen LogP contribution in [0.2, 0.25) is 5.02 Å². The van der Waals surface area contributed by atoms with Gasteiger partial charge in [0.25, 0.3) is 0 Å². The first-order chi connectivity index (χ1) is 13.4. The first kappa shape index (κ1) is 19.4.